The van der Waals surface area contributed by atoms with E-state index in [1.54, 1.807) is 6.20 Å². The molecule has 1 aliphatic carbocycles. The predicted octanol–water partition coefficient (Wildman–Crippen LogP) is 0.878. The van der Waals surface area contributed by atoms with Gasteiger partial charge in [-0.2, -0.15) is 0 Å². The molecular formula is C9H11N3. The van der Waals surface area contributed by atoms with Gasteiger partial charge < -0.3 is 5.43 Å². The minimum absolute atomic E-state index is 0.467. The van der Waals surface area contributed by atoms with Gasteiger partial charge in [0, 0.05) is 23.9 Å². The molecule has 1 atom stereocenters. The van der Waals surface area contributed by atoms with E-state index in [0.29, 0.717) is 5.92 Å². The second kappa shape index (κ2) is 2.95. The van der Waals surface area contributed by atoms with Crippen LogP contribution < -0.4 is 11.3 Å². The van der Waals surface area contributed by atoms with Crippen molar-refractivity contribution in [3.8, 4) is 0 Å². The van der Waals surface area contributed by atoms with Crippen molar-refractivity contribution in [2.45, 2.75) is 6.42 Å². The molecule has 2 rings (SSSR count). The first kappa shape index (κ1) is 7.31. The number of nitrogens with zero attached hydrogens (tertiary/aromatic N) is 1. The summed E-state index contributed by atoms with van der Waals surface area (Å²) < 4.78 is 0. The van der Waals surface area contributed by atoms with Crippen molar-refractivity contribution < 1.29 is 0 Å². The number of hydrazine groups is 1. The molecule has 0 aromatic carbocycles. The third-order valence-electron chi connectivity index (χ3n) is 2.11. The topological polar surface area (TPSA) is 50.4 Å². The zero-order valence-corrected chi connectivity index (χ0v) is 6.70. The molecule has 3 heteroatoms. The van der Waals surface area contributed by atoms with E-state index in [1.807, 2.05) is 12.3 Å². The fourth-order valence-electron chi connectivity index (χ4n) is 1.53. The lowest BCUT2D eigenvalue weighted by molar-refractivity contribution is 0.876. The van der Waals surface area contributed by atoms with Crippen molar-refractivity contribution in [2.75, 3.05) is 0 Å². The fraction of sp³-hybridized carbons (Fsp3) is 0.222. The van der Waals surface area contributed by atoms with E-state index in [4.69, 9.17) is 5.84 Å². The van der Waals surface area contributed by atoms with Crippen LogP contribution in [0.15, 0.2) is 41.2 Å². The summed E-state index contributed by atoms with van der Waals surface area (Å²) in [7, 11) is 0. The monoisotopic (exact) mass is 161 g/mol. The summed E-state index contributed by atoms with van der Waals surface area (Å²) in [6, 6.07) is 0. The van der Waals surface area contributed by atoms with Crippen molar-refractivity contribution in [3.63, 3.8) is 0 Å². The molecule has 62 valence electrons. The van der Waals surface area contributed by atoms with Gasteiger partial charge in [0.05, 0.1) is 5.71 Å². The lowest BCUT2D eigenvalue weighted by Gasteiger charge is -2.15. The highest BCUT2D eigenvalue weighted by Gasteiger charge is 2.20. The van der Waals surface area contributed by atoms with E-state index >= 15 is 0 Å². The Bertz CT molecular complexity index is 297. The van der Waals surface area contributed by atoms with Gasteiger partial charge in [0.25, 0.3) is 0 Å². The number of nitrogens with one attached hydrogen (secondary N) is 1. The molecule has 3 nitrogen and oxygen atoms in total. The Labute approximate surface area is 71.3 Å². The Kier molecular flexibility index (Phi) is 1.80. The van der Waals surface area contributed by atoms with Crippen molar-refractivity contribution in [2.24, 2.45) is 16.8 Å². The van der Waals surface area contributed by atoms with Crippen molar-refractivity contribution in [1.29, 1.82) is 0 Å². The molecular weight excluding hydrogens is 150 g/mol. The van der Waals surface area contributed by atoms with Crippen LogP contribution >= 0.6 is 0 Å². The quantitative estimate of drug-likeness (QED) is 0.443. The van der Waals surface area contributed by atoms with Gasteiger partial charge in [-0.1, -0.05) is 18.2 Å². The van der Waals surface area contributed by atoms with Crippen LogP contribution in [0.2, 0.25) is 0 Å². The molecule has 3 N–H and O–H groups in total. The summed E-state index contributed by atoms with van der Waals surface area (Å²) in [6.45, 7) is 0. The summed E-state index contributed by atoms with van der Waals surface area (Å²) >= 11 is 0. The minimum atomic E-state index is 0.467. The summed E-state index contributed by atoms with van der Waals surface area (Å²) in [5, 5.41) is 0. The first-order valence-electron chi connectivity index (χ1n) is 3.99. The van der Waals surface area contributed by atoms with Gasteiger partial charge in [-0.3, -0.25) is 10.8 Å². The Morgan fingerprint density at radius 2 is 2.58 bits per heavy atom. The van der Waals surface area contributed by atoms with Crippen LogP contribution in [0.1, 0.15) is 6.42 Å². The smallest absolute Gasteiger partial charge is 0.0562 e. The summed E-state index contributed by atoms with van der Waals surface area (Å²) in [5.41, 5.74) is 4.73. The van der Waals surface area contributed by atoms with Crippen LogP contribution in [0.3, 0.4) is 0 Å². The number of rotatable bonds is 1. The lowest BCUT2D eigenvalue weighted by Crippen LogP contribution is -2.20. The van der Waals surface area contributed by atoms with Gasteiger partial charge in [0.1, 0.15) is 0 Å². The van der Waals surface area contributed by atoms with E-state index in [1.165, 1.54) is 0 Å². The van der Waals surface area contributed by atoms with Gasteiger partial charge in [-0.05, 0) is 6.42 Å². The maximum absolute atomic E-state index is 5.21. The molecule has 0 spiro atoms. The maximum Gasteiger partial charge on any atom is 0.0562 e. The molecule has 1 aliphatic heterocycles. The molecule has 0 radical (unpaired) electrons. The minimum Gasteiger partial charge on any atom is -0.331 e. The third kappa shape index (κ3) is 1.08. The Balaban J connectivity index is 2.31. The zero-order valence-electron chi connectivity index (χ0n) is 6.70. The average Bonchev–Trinajstić information content (AvgIpc) is 2.53. The van der Waals surface area contributed by atoms with E-state index in [-0.39, 0.29) is 0 Å². The number of nitrogens with two attached hydrogens (primary N) is 1. The molecule has 0 saturated carbocycles. The van der Waals surface area contributed by atoms with Crippen LogP contribution in [-0.4, -0.2) is 5.71 Å². The van der Waals surface area contributed by atoms with E-state index in [9.17, 15) is 0 Å². The molecule has 0 saturated heterocycles. The largest absolute Gasteiger partial charge is 0.331 e. The molecule has 0 amide bonds. The molecule has 2 aliphatic rings. The van der Waals surface area contributed by atoms with Gasteiger partial charge in [0.2, 0.25) is 0 Å². The van der Waals surface area contributed by atoms with Crippen LogP contribution in [-0.2, 0) is 0 Å². The van der Waals surface area contributed by atoms with Crippen LogP contribution in [0, 0.1) is 5.92 Å². The molecule has 12 heavy (non-hydrogen) atoms. The van der Waals surface area contributed by atoms with Crippen molar-refractivity contribution in [1.82, 2.24) is 5.43 Å². The number of hydrogen-bond donors (Lipinski definition) is 2. The van der Waals surface area contributed by atoms with E-state index in [0.717, 1.165) is 17.7 Å². The van der Waals surface area contributed by atoms with Gasteiger partial charge in [-0.15, -0.1) is 0 Å². The first-order chi connectivity index (χ1) is 5.92. The number of aliphatic imine (C=N–C) groups is 1. The van der Waals surface area contributed by atoms with Gasteiger partial charge in [0.15, 0.2) is 0 Å². The Hall–Kier alpha value is -1.35. The van der Waals surface area contributed by atoms with Crippen LogP contribution in [0.4, 0.5) is 0 Å². The summed E-state index contributed by atoms with van der Waals surface area (Å²) in [4.78, 5) is 4.28. The molecule has 0 aromatic heterocycles. The van der Waals surface area contributed by atoms with Crippen LogP contribution in [0.5, 0.6) is 0 Å². The molecule has 1 unspecified atom stereocenters. The Morgan fingerprint density at radius 1 is 1.67 bits per heavy atom. The zero-order chi connectivity index (χ0) is 8.39. The van der Waals surface area contributed by atoms with E-state index < -0.39 is 0 Å². The number of hydrogen-bond acceptors (Lipinski definition) is 3. The maximum atomic E-state index is 5.21. The average molecular weight is 161 g/mol. The highest BCUT2D eigenvalue weighted by atomic mass is 15.2. The third-order valence-corrected chi connectivity index (χ3v) is 2.11. The van der Waals surface area contributed by atoms with Crippen molar-refractivity contribution in [3.05, 3.63) is 36.2 Å². The van der Waals surface area contributed by atoms with Gasteiger partial charge >= 0.3 is 0 Å². The Morgan fingerprint density at radius 3 is 3.42 bits per heavy atom. The number of fused-ring (bicyclic) bond motifs is 1. The fourth-order valence-corrected chi connectivity index (χ4v) is 1.53. The normalized spacial score (nSPS) is 28.9. The highest BCUT2D eigenvalue weighted by molar-refractivity contribution is 6.07. The van der Waals surface area contributed by atoms with Crippen molar-refractivity contribution >= 4 is 5.71 Å². The highest BCUT2D eigenvalue weighted by Crippen LogP contribution is 2.25. The predicted molar refractivity (Wildman–Crippen MR) is 49.2 cm³/mol. The first-order valence-corrected chi connectivity index (χ1v) is 3.99. The molecule has 0 bridgehead atoms. The summed E-state index contributed by atoms with van der Waals surface area (Å²) in [6.07, 6.45) is 11.0. The van der Waals surface area contributed by atoms with Gasteiger partial charge in [-0.25, -0.2) is 0 Å². The molecule has 1 heterocycles. The lowest BCUT2D eigenvalue weighted by atomic mass is 9.90. The SMILES string of the molecule is NNC=C1C=CCC2C=CN=C12. The molecule has 0 aromatic rings. The standard InChI is InChI=1S/C9H11N3/c10-12-6-8-3-1-2-7-4-5-11-9(7)8/h1,3-7,12H,2,10H2. The summed E-state index contributed by atoms with van der Waals surface area (Å²) in [5.74, 6) is 5.67. The second-order valence-corrected chi connectivity index (χ2v) is 2.87. The van der Waals surface area contributed by atoms with Crippen LogP contribution in [0.25, 0.3) is 0 Å². The number of allylic oxidation sites excluding steroid dienone is 4. The second-order valence-electron chi connectivity index (χ2n) is 2.87. The van der Waals surface area contributed by atoms with E-state index in [2.05, 4.69) is 22.6 Å². The molecule has 0 fully saturated rings.